The van der Waals surface area contributed by atoms with Crippen molar-refractivity contribution < 1.29 is 19.1 Å². The zero-order valence-corrected chi connectivity index (χ0v) is 16.5. The second-order valence-corrected chi connectivity index (χ2v) is 8.63. The van der Waals surface area contributed by atoms with Crippen LogP contribution in [0.3, 0.4) is 0 Å². The Hall–Kier alpha value is -2.78. The third-order valence-corrected chi connectivity index (χ3v) is 6.85. The number of aromatic nitrogens is 1. The van der Waals surface area contributed by atoms with E-state index in [4.69, 9.17) is 0 Å². The Labute approximate surface area is 167 Å². The van der Waals surface area contributed by atoms with E-state index >= 15 is 0 Å². The molecule has 1 aliphatic heterocycles. The molecule has 6 nitrogen and oxygen atoms in total. The van der Waals surface area contributed by atoms with E-state index in [0.717, 1.165) is 20.7 Å². The van der Waals surface area contributed by atoms with Crippen LogP contribution in [-0.4, -0.2) is 33.0 Å². The highest BCUT2D eigenvalue weighted by atomic mass is 32.1. The summed E-state index contributed by atoms with van der Waals surface area (Å²) in [6.45, 7) is 5.60. The van der Waals surface area contributed by atoms with Gasteiger partial charge < -0.3 is 15.3 Å². The molecule has 3 aromatic rings. The van der Waals surface area contributed by atoms with Gasteiger partial charge in [-0.25, -0.2) is 14.2 Å². The number of carbonyl (C=O) groups excluding carboxylic acids is 1. The van der Waals surface area contributed by atoms with Crippen molar-refractivity contribution >= 4 is 49.9 Å². The smallest absolute Gasteiger partial charge is 0.407 e. The van der Waals surface area contributed by atoms with Crippen LogP contribution in [0.2, 0.25) is 0 Å². The first-order valence-electron chi connectivity index (χ1n) is 8.51. The first kappa shape index (κ1) is 18.6. The van der Waals surface area contributed by atoms with E-state index in [1.165, 1.54) is 45.8 Å². The lowest BCUT2D eigenvalue weighted by Crippen LogP contribution is -2.41. The van der Waals surface area contributed by atoms with Crippen molar-refractivity contribution in [1.82, 2.24) is 9.88 Å². The Morgan fingerprint density at radius 1 is 1.43 bits per heavy atom. The number of nitrogens with one attached hydrogen (secondary N) is 1. The van der Waals surface area contributed by atoms with Gasteiger partial charge in [0.2, 0.25) is 5.91 Å². The van der Waals surface area contributed by atoms with Crippen LogP contribution in [-0.2, 0) is 17.8 Å². The van der Waals surface area contributed by atoms with Crippen LogP contribution in [0.25, 0.3) is 20.8 Å². The second kappa shape index (κ2) is 6.99. The normalized spacial score (nSPS) is 16.1. The van der Waals surface area contributed by atoms with Gasteiger partial charge in [0, 0.05) is 22.5 Å². The average Bonchev–Trinajstić information content (AvgIpc) is 3.20. The maximum atomic E-state index is 13.6. The minimum Gasteiger partial charge on any atom is -0.465 e. The minimum absolute atomic E-state index is 0.201. The fourth-order valence-electron chi connectivity index (χ4n) is 3.31. The van der Waals surface area contributed by atoms with Crippen molar-refractivity contribution in [2.45, 2.75) is 25.9 Å². The number of nitrogens with zero attached hydrogens (tertiary/aromatic N) is 2. The Kier molecular flexibility index (Phi) is 4.64. The van der Waals surface area contributed by atoms with E-state index in [1.807, 2.05) is 6.92 Å². The van der Waals surface area contributed by atoms with Gasteiger partial charge in [-0.05, 0) is 37.1 Å². The van der Waals surface area contributed by atoms with Gasteiger partial charge in [0.25, 0.3) is 0 Å². The molecule has 0 spiro atoms. The predicted octanol–water partition coefficient (Wildman–Crippen LogP) is 4.71. The summed E-state index contributed by atoms with van der Waals surface area (Å²) in [5.41, 5.74) is 2.32. The Bertz CT molecular complexity index is 1120. The molecule has 1 unspecified atom stereocenters. The van der Waals surface area contributed by atoms with Crippen LogP contribution < -0.4 is 5.32 Å². The van der Waals surface area contributed by atoms with Gasteiger partial charge in [-0.3, -0.25) is 4.79 Å². The molecule has 9 heteroatoms. The van der Waals surface area contributed by atoms with Gasteiger partial charge in [0.15, 0.2) is 0 Å². The molecule has 144 valence electrons. The van der Waals surface area contributed by atoms with Gasteiger partial charge >= 0.3 is 6.09 Å². The molecule has 2 aromatic heterocycles. The summed E-state index contributed by atoms with van der Waals surface area (Å²) in [6, 6.07) is 4.25. The minimum atomic E-state index is -0.972. The molecule has 0 radical (unpaired) electrons. The third kappa shape index (κ3) is 3.16. The Balaban J connectivity index is 1.87. The van der Waals surface area contributed by atoms with Gasteiger partial charge in [0.1, 0.15) is 15.8 Å². The zero-order valence-electron chi connectivity index (χ0n) is 14.9. The Morgan fingerprint density at radius 2 is 2.21 bits per heavy atom. The van der Waals surface area contributed by atoms with Crippen molar-refractivity contribution in [1.29, 1.82) is 0 Å². The standard InChI is InChI=1S/C19H16FN3O3S2/c1-3-15(24)22-18-16(17-21-12-7-10(20)4-5-13(12)27-17)11-6-9(2)23(19(25)26)8-14(11)28-18/h3-5,7,9H,1,6,8H2,2H3,(H,22,24)(H,25,26). The highest BCUT2D eigenvalue weighted by Crippen LogP contribution is 2.46. The molecular formula is C19H16FN3O3S2. The number of halogens is 1. The topological polar surface area (TPSA) is 82.5 Å². The first-order valence-corrected chi connectivity index (χ1v) is 10.1. The predicted molar refractivity (Wildman–Crippen MR) is 108 cm³/mol. The molecule has 2 N–H and O–H groups in total. The molecule has 28 heavy (non-hydrogen) atoms. The quantitative estimate of drug-likeness (QED) is 0.605. The lowest BCUT2D eigenvalue weighted by molar-refractivity contribution is -0.111. The maximum absolute atomic E-state index is 13.6. The molecule has 3 heterocycles. The fourth-order valence-corrected chi connectivity index (χ4v) is 5.63. The van der Waals surface area contributed by atoms with Gasteiger partial charge in [0.05, 0.1) is 16.8 Å². The van der Waals surface area contributed by atoms with Crippen molar-refractivity contribution in [2.75, 3.05) is 5.32 Å². The average molecular weight is 417 g/mol. The number of hydrogen-bond donors (Lipinski definition) is 2. The second-order valence-electron chi connectivity index (χ2n) is 6.50. The van der Waals surface area contributed by atoms with Gasteiger partial charge in [-0.15, -0.1) is 22.7 Å². The molecular weight excluding hydrogens is 401 g/mol. The van der Waals surface area contributed by atoms with Gasteiger partial charge in [-0.2, -0.15) is 0 Å². The summed E-state index contributed by atoms with van der Waals surface area (Å²) in [6.07, 6.45) is 0.727. The molecule has 0 aliphatic carbocycles. The highest BCUT2D eigenvalue weighted by Gasteiger charge is 2.33. The van der Waals surface area contributed by atoms with Crippen molar-refractivity contribution in [3.05, 3.63) is 47.1 Å². The van der Waals surface area contributed by atoms with Crippen molar-refractivity contribution in [3.63, 3.8) is 0 Å². The SMILES string of the molecule is C=CC(=O)Nc1sc2c(c1-c1nc3cc(F)ccc3s1)CC(C)N(C(=O)O)C2. The van der Waals surface area contributed by atoms with E-state index < -0.39 is 6.09 Å². The summed E-state index contributed by atoms with van der Waals surface area (Å²) in [5.74, 6) is -0.710. The van der Waals surface area contributed by atoms with E-state index in [9.17, 15) is 19.1 Å². The number of thiophene rings is 1. The number of benzene rings is 1. The molecule has 0 saturated heterocycles. The number of carbonyl (C=O) groups is 2. The van der Waals surface area contributed by atoms with Crippen molar-refractivity contribution in [2.24, 2.45) is 0 Å². The lowest BCUT2D eigenvalue weighted by Gasteiger charge is -2.31. The molecule has 1 atom stereocenters. The highest BCUT2D eigenvalue weighted by molar-refractivity contribution is 7.23. The summed E-state index contributed by atoms with van der Waals surface area (Å²) >= 11 is 2.76. The number of anilines is 1. The van der Waals surface area contributed by atoms with Crippen LogP contribution in [0.5, 0.6) is 0 Å². The number of thiazole rings is 1. The molecule has 1 aliphatic rings. The first-order chi connectivity index (χ1) is 13.4. The molecule has 0 bridgehead atoms. The third-order valence-electron chi connectivity index (χ3n) is 4.67. The van der Waals surface area contributed by atoms with E-state index in [1.54, 1.807) is 6.07 Å². The largest absolute Gasteiger partial charge is 0.465 e. The van der Waals surface area contributed by atoms with Crippen molar-refractivity contribution in [3.8, 4) is 10.6 Å². The maximum Gasteiger partial charge on any atom is 0.407 e. The molecule has 0 fully saturated rings. The van der Waals surface area contributed by atoms with E-state index in [-0.39, 0.29) is 24.3 Å². The number of hydrogen-bond acceptors (Lipinski definition) is 5. The van der Waals surface area contributed by atoms with E-state index in [2.05, 4.69) is 16.9 Å². The van der Waals surface area contributed by atoms with Crippen LogP contribution in [0, 0.1) is 5.82 Å². The van der Waals surface area contributed by atoms with Gasteiger partial charge in [-0.1, -0.05) is 6.58 Å². The zero-order chi connectivity index (χ0) is 20.0. The molecule has 0 saturated carbocycles. The fraction of sp³-hybridized carbons (Fsp3) is 0.211. The van der Waals surface area contributed by atoms with E-state index in [0.29, 0.717) is 21.9 Å². The molecule has 2 amide bonds. The summed E-state index contributed by atoms with van der Waals surface area (Å²) in [7, 11) is 0. The monoisotopic (exact) mass is 417 g/mol. The number of fused-ring (bicyclic) bond motifs is 2. The summed E-state index contributed by atoms with van der Waals surface area (Å²) in [4.78, 5) is 30.3. The summed E-state index contributed by atoms with van der Waals surface area (Å²) in [5, 5.41) is 13.5. The number of carboxylic acid groups (broad SMARTS) is 1. The van der Waals surface area contributed by atoms with Crippen LogP contribution >= 0.6 is 22.7 Å². The Morgan fingerprint density at radius 3 is 2.93 bits per heavy atom. The molecule has 4 rings (SSSR count). The summed E-state index contributed by atoms with van der Waals surface area (Å²) < 4.78 is 14.4. The van der Waals surface area contributed by atoms with Crippen LogP contribution in [0.4, 0.5) is 14.2 Å². The lowest BCUT2D eigenvalue weighted by atomic mass is 9.98. The van der Waals surface area contributed by atoms with Crippen LogP contribution in [0.15, 0.2) is 30.9 Å². The number of rotatable bonds is 3. The molecule has 1 aromatic carbocycles. The van der Waals surface area contributed by atoms with Crippen LogP contribution in [0.1, 0.15) is 17.4 Å². The number of amides is 2.